The highest BCUT2D eigenvalue weighted by atomic mass is 19.1. The summed E-state index contributed by atoms with van der Waals surface area (Å²) in [6.07, 6.45) is 7.45. The van der Waals surface area contributed by atoms with E-state index in [1.54, 1.807) is 18.3 Å². The second kappa shape index (κ2) is 7.79. The quantitative estimate of drug-likeness (QED) is 0.394. The molecule has 2 heterocycles. The predicted molar refractivity (Wildman–Crippen MR) is 115 cm³/mol. The highest BCUT2D eigenvalue weighted by molar-refractivity contribution is 5.67. The summed E-state index contributed by atoms with van der Waals surface area (Å²) in [5, 5.41) is 4.71. The monoisotopic (exact) mass is 394 g/mol. The van der Waals surface area contributed by atoms with Crippen LogP contribution in [0.1, 0.15) is 17.2 Å². The minimum Gasteiger partial charge on any atom is -0.326 e. The highest BCUT2D eigenvalue weighted by Gasteiger charge is 2.24. The summed E-state index contributed by atoms with van der Waals surface area (Å²) in [5.41, 5.74) is 4.97. The molecule has 30 heavy (non-hydrogen) atoms. The van der Waals surface area contributed by atoms with Gasteiger partial charge in [-0.1, -0.05) is 60.7 Å². The lowest BCUT2D eigenvalue weighted by molar-refractivity contribution is 0.627. The molecule has 0 aliphatic heterocycles. The predicted octanol–water partition coefficient (Wildman–Crippen LogP) is 5.51. The van der Waals surface area contributed by atoms with Crippen molar-refractivity contribution in [3.8, 4) is 16.9 Å². The molecule has 3 aromatic carbocycles. The first-order valence-electron chi connectivity index (χ1n) is 9.73. The maximum Gasteiger partial charge on any atom is 0.123 e. The Kier molecular flexibility index (Phi) is 4.69. The molecule has 2 aromatic heterocycles. The molecule has 0 saturated heterocycles. The Labute approximate surface area is 173 Å². The first kappa shape index (κ1) is 18.1. The summed E-state index contributed by atoms with van der Waals surface area (Å²) in [4.78, 5) is 4.27. The molecule has 0 aliphatic carbocycles. The summed E-state index contributed by atoms with van der Waals surface area (Å²) >= 11 is 0. The van der Waals surface area contributed by atoms with E-state index in [2.05, 4.69) is 33.8 Å². The average Bonchev–Trinajstić information content (AvgIpc) is 3.47. The van der Waals surface area contributed by atoms with Crippen molar-refractivity contribution < 1.29 is 4.39 Å². The number of rotatable bonds is 5. The van der Waals surface area contributed by atoms with Gasteiger partial charge in [0.1, 0.15) is 5.82 Å². The second-order valence-corrected chi connectivity index (χ2v) is 7.03. The summed E-state index contributed by atoms with van der Waals surface area (Å²) in [5.74, 6) is -0.270. The van der Waals surface area contributed by atoms with E-state index in [1.165, 1.54) is 12.1 Å². The zero-order valence-electron chi connectivity index (χ0n) is 16.1. The molecule has 0 N–H and O–H groups in total. The van der Waals surface area contributed by atoms with Gasteiger partial charge in [0.15, 0.2) is 0 Å². The molecule has 1 unspecified atom stereocenters. The molecule has 0 spiro atoms. The SMILES string of the molecule is Fc1ccc(-n2ncc(C(c3ccccc3)n3ccnc3)c2-c2ccccc2)cc1. The zero-order chi connectivity index (χ0) is 20.3. The summed E-state index contributed by atoms with van der Waals surface area (Å²) in [6.45, 7) is 0. The molecule has 0 bridgehead atoms. The Bertz CT molecular complexity index is 1230. The Hall–Kier alpha value is -3.99. The van der Waals surface area contributed by atoms with Crippen LogP contribution in [0, 0.1) is 5.82 Å². The van der Waals surface area contributed by atoms with Crippen molar-refractivity contribution in [2.45, 2.75) is 6.04 Å². The van der Waals surface area contributed by atoms with Crippen molar-refractivity contribution in [2.75, 3.05) is 0 Å². The average molecular weight is 394 g/mol. The van der Waals surface area contributed by atoms with Crippen LogP contribution in [0.5, 0.6) is 0 Å². The van der Waals surface area contributed by atoms with Gasteiger partial charge in [0.25, 0.3) is 0 Å². The molecule has 0 amide bonds. The van der Waals surface area contributed by atoms with E-state index < -0.39 is 0 Å². The molecule has 4 nitrogen and oxygen atoms in total. The van der Waals surface area contributed by atoms with Crippen molar-refractivity contribution in [3.05, 3.63) is 127 Å². The molecule has 5 heteroatoms. The molecule has 5 rings (SSSR count). The van der Waals surface area contributed by atoms with Crippen LogP contribution >= 0.6 is 0 Å². The van der Waals surface area contributed by atoms with Gasteiger partial charge in [-0.3, -0.25) is 0 Å². The molecule has 0 saturated carbocycles. The second-order valence-electron chi connectivity index (χ2n) is 7.03. The molecule has 5 aromatic rings. The Morgan fingerprint density at radius 2 is 1.50 bits per heavy atom. The van der Waals surface area contributed by atoms with E-state index >= 15 is 0 Å². The molecular weight excluding hydrogens is 375 g/mol. The normalized spacial score (nSPS) is 12.0. The Morgan fingerprint density at radius 3 is 2.17 bits per heavy atom. The lowest BCUT2D eigenvalue weighted by atomic mass is 9.96. The third kappa shape index (κ3) is 3.31. The van der Waals surface area contributed by atoms with Crippen molar-refractivity contribution in [2.24, 2.45) is 0 Å². The maximum atomic E-state index is 13.5. The van der Waals surface area contributed by atoms with Crippen molar-refractivity contribution >= 4 is 0 Å². The van der Waals surface area contributed by atoms with Gasteiger partial charge in [-0.15, -0.1) is 0 Å². The fourth-order valence-corrected chi connectivity index (χ4v) is 3.79. The van der Waals surface area contributed by atoms with E-state index in [1.807, 2.05) is 59.8 Å². The summed E-state index contributed by atoms with van der Waals surface area (Å²) in [7, 11) is 0. The van der Waals surface area contributed by atoms with Crippen LogP contribution in [0.15, 0.2) is 110 Å². The van der Waals surface area contributed by atoms with E-state index in [-0.39, 0.29) is 11.9 Å². The third-order valence-corrected chi connectivity index (χ3v) is 5.15. The van der Waals surface area contributed by atoms with E-state index in [0.717, 1.165) is 28.1 Å². The highest BCUT2D eigenvalue weighted by Crippen LogP contribution is 2.35. The number of nitrogens with zero attached hydrogens (tertiary/aromatic N) is 4. The molecule has 0 fully saturated rings. The number of benzene rings is 3. The lowest BCUT2D eigenvalue weighted by Gasteiger charge is -2.20. The van der Waals surface area contributed by atoms with Gasteiger partial charge >= 0.3 is 0 Å². The van der Waals surface area contributed by atoms with Crippen LogP contribution in [0.25, 0.3) is 16.9 Å². The van der Waals surface area contributed by atoms with Crippen molar-refractivity contribution in [3.63, 3.8) is 0 Å². The molecule has 0 aliphatic rings. The number of hydrogen-bond acceptors (Lipinski definition) is 2. The summed E-state index contributed by atoms with van der Waals surface area (Å²) < 4.78 is 17.5. The van der Waals surface area contributed by atoms with Gasteiger partial charge in [0, 0.05) is 23.5 Å². The van der Waals surface area contributed by atoms with E-state index in [9.17, 15) is 4.39 Å². The fraction of sp³-hybridized carbons (Fsp3) is 0.0400. The van der Waals surface area contributed by atoms with Crippen LogP contribution < -0.4 is 0 Å². The standard InChI is InChI=1S/C25H19FN4/c26-21-11-13-22(14-12-21)30-25(20-9-5-2-6-10-20)23(17-28-30)24(29-16-15-27-18-29)19-7-3-1-4-8-19/h1-18,24H. The van der Waals surface area contributed by atoms with Crippen LogP contribution in [-0.2, 0) is 0 Å². The fourth-order valence-electron chi connectivity index (χ4n) is 3.79. The Balaban J connectivity index is 1.76. The number of halogens is 1. The molecule has 146 valence electrons. The first-order valence-corrected chi connectivity index (χ1v) is 9.73. The van der Waals surface area contributed by atoms with Gasteiger partial charge in [-0.25, -0.2) is 14.1 Å². The third-order valence-electron chi connectivity index (χ3n) is 5.15. The zero-order valence-corrected chi connectivity index (χ0v) is 16.1. The van der Waals surface area contributed by atoms with Crippen LogP contribution in [0.4, 0.5) is 4.39 Å². The smallest absolute Gasteiger partial charge is 0.123 e. The number of hydrogen-bond donors (Lipinski definition) is 0. The minimum absolute atomic E-state index is 0.0990. The van der Waals surface area contributed by atoms with Crippen molar-refractivity contribution in [1.82, 2.24) is 19.3 Å². The minimum atomic E-state index is -0.270. The number of imidazole rings is 1. The van der Waals surface area contributed by atoms with Gasteiger partial charge in [-0.2, -0.15) is 5.10 Å². The van der Waals surface area contributed by atoms with E-state index in [0.29, 0.717) is 0 Å². The maximum absolute atomic E-state index is 13.5. The number of aromatic nitrogens is 4. The van der Waals surface area contributed by atoms with Crippen LogP contribution in [0.2, 0.25) is 0 Å². The molecule has 0 radical (unpaired) electrons. The van der Waals surface area contributed by atoms with Gasteiger partial charge < -0.3 is 4.57 Å². The summed E-state index contributed by atoms with van der Waals surface area (Å²) in [6, 6.07) is 26.7. The first-order chi connectivity index (χ1) is 14.8. The van der Waals surface area contributed by atoms with E-state index in [4.69, 9.17) is 5.10 Å². The van der Waals surface area contributed by atoms with Gasteiger partial charge in [0.05, 0.1) is 29.9 Å². The van der Waals surface area contributed by atoms with Crippen LogP contribution in [-0.4, -0.2) is 19.3 Å². The molecular formula is C25H19FN4. The van der Waals surface area contributed by atoms with Gasteiger partial charge in [0.2, 0.25) is 0 Å². The van der Waals surface area contributed by atoms with Gasteiger partial charge in [-0.05, 0) is 29.8 Å². The van der Waals surface area contributed by atoms with Crippen LogP contribution in [0.3, 0.4) is 0 Å². The lowest BCUT2D eigenvalue weighted by Crippen LogP contribution is -2.12. The Morgan fingerprint density at radius 1 is 0.800 bits per heavy atom. The topological polar surface area (TPSA) is 35.6 Å². The van der Waals surface area contributed by atoms with Crippen molar-refractivity contribution in [1.29, 1.82) is 0 Å². The molecule has 1 atom stereocenters. The largest absolute Gasteiger partial charge is 0.326 e.